The molecule has 4 N–H and O–H groups in total. The highest BCUT2D eigenvalue weighted by molar-refractivity contribution is 5.96. The van der Waals surface area contributed by atoms with E-state index in [1.54, 1.807) is 36.9 Å². The van der Waals surface area contributed by atoms with Crippen molar-refractivity contribution in [1.82, 2.24) is 35.1 Å². The number of rotatable bonds is 6. The molecule has 5 heterocycles. The van der Waals surface area contributed by atoms with Gasteiger partial charge in [0, 0.05) is 34.8 Å². The third-order valence-corrected chi connectivity index (χ3v) is 7.41. The largest absolute Gasteiger partial charge is 0.374 e. The summed E-state index contributed by atoms with van der Waals surface area (Å²) in [5.74, 6) is 0.530. The fraction of sp³-hybridized carbons (Fsp3) is 0.207. The average molecular weight is 521 g/mol. The lowest BCUT2D eigenvalue weighted by atomic mass is 10.1. The highest BCUT2D eigenvalue weighted by Gasteiger charge is 2.23. The second kappa shape index (κ2) is 9.55. The first-order valence-electron chi connectivity index (χ1n) is 13.0. The summed E-state index contributed by atoms with van der Waals surface area (Å²) in [6.45, 7) is 0. The van der Waals surface area contributed by atoms with Gasteiger partial charge in [0.1, 0.15) is 23.3 Å². The monoisotopic (exact) mass is 520 g/mol. The Balaban J connectivity index is 1.24. The zero-order chi connectivity index (χ0) is 26.3. The van der Waals surface area contributed by atoms with Crippen LogP contribution in [-0.2, 0) is 0 Å². The van der Waals surface area contributed by atoms with Crippen LogP contribution < -0.4 is 5.32 Å². The van der Waals surface area contributed by atoms with E-state index in [1.807, 2.05) is 18.2 Å². The van der Waals surface area contributed by atoms with Crippen molar-refractivity contribution in [2.45, 2.75) is 31.9 Å². The molecule has 9 nitrogen and oxygen atoms in total. The number of aliphatic hydroxyl groups excluding tert-OH is 1. The smallest absolute Gasteiger partial charge is 0.160 e. The van der Waals surface area contributed by atoms with Crippen LogP contribution in [0.4, 0.5) is 10.1 Å². The van der Waals surface area contributed by atoms with Gasteiger partial charge in [-0.2, -0.15) is 5.10 Å². The van der Waals surface area contributed by atoms with E-state index in [1.165, 1.54) is 12.1 Å². The Bertz CT molecular complexity index is 1790. The molecular weight excluding hydrogens is 495 g/mol. The maximum absolute atomic E-state index is 13.5. The number of aliphatic hydroxyl groups is 1. The zero-order valence-electron chi connectivity index (χ0n) is 20.9. The number of H-pyrrole nitrogens is 2. The van der Waals surface area contributed by atoms with Crippen LogP contribution in [0, 0.1) is 11.7 Å². The molecule has 0 amide bonds. The number of anilines is 1. The van der Waals surface area contributed by atoms with Crippen molar-refractivity contribution in [3.63, 3.8) is 0 Å². The predicted molar refractivity (Wildman–Crippen MR) is 147 cm³/mol. The summed E-state index contributed by atoms with van der Waals surface area (Å²) >= 11 is 0. The van der Waals surface area contributed by atoms with Gasteiger partial charge in [-0.1, -0.05) is 25.0 Å². The Morgan fingerprint density at radius 1 is 0.974 bits per heavy atom. The van der Waals surface area contributed by atoms with Gasteiger partial charge in [-0.05, 0) is 48.7 Å². The minimum atomic E-state index is -0.595. The molecule has 1 unspecified atom stereocenters. The van der Waals surface area contributed by atoms with E-state index in [4.69, 9.17) is 4.98 Å². The van der Waals surface area contributed by atoms with Gasteiger partial charge >= 0.3 is 0 Å². The molecule has 1 saturated carbocycles. The molecule has 1 aliphatic carbocycles. The summed E-state index contributed by atoms with van der Waals surface area (Å²) in [5.41, 5.74) is 6.66. The van der Waals surface area contributed by atoms with E-state index >= 15 is 0 Å². The van der Waals surface area contributed by atoms with Gasteiger partial charge in [0.05, 0.1) is 29.3 Å². The van der Waals surface area contributed by atoms with E-state index in [-0.39, 0.29) is 11.7 Å². The summed E-state index contributed by atoms with van der Waals surface area (Å²) in [7, 11) is 0. The maximum atomic E-state index is 13.5. The molecular formula is C29H25FN8O. The normalized spacial score (nSPS) is 14.8. The molecule has 1 atom stereocenters. The molecule has 0 aliphatic heterocycles. The van der Waals surface area contributed by atoms with Gasteiger partial charge in [-0.3, -0.25) is 15.1 Å². The standard InChI is InChI=1S/C29H25FN8O/c30-19-7-5-16(6-8-19)21-9-10-32-27-25(21)35-28(36-27)26-22-12-23(33-15-24(22)37-38-26)18-11-20(14-31-13-18)34-29(39)17-3-1-2-4-17/h5-15,17,29,34,39H,1-4H2,(H,37,38)(H,32,35,36). The Labute approximate surface area is 222 Å². The van der Waals surface area contributed by atoms with Crippen molar-refractivity contribution < 1.29 is 9.50 Å². The lowest BCUT2D eigenvalue weighted by Gasteiger charge is -2.20. The molecule has 0 saturated heterocycles. The molecule has 39 heavy (non-hydrogen) atoms. The van der Waals surface area contributed by atoms with E-state index < -0.39 is 6.23 Å². The quantitative estimate of drug-likeness (QED) is 0.208. The first kappa shape index (κ1) is 23.4. The van der Waals surface area contributed by atoms with Gasteiger partial charge in [0.25, 0.3) is 0 Å². The lowest BCUT2D eigenvalue weighted by molar-refractivity contribution is 0.137. The molecule has 1 aromatic carbocycles. The first-order valence-corrected chi connectivity index (χ1v) is 13.0. The number of nitrogens with zero attached hydrogens (tertiary/aromatic N) is 5. The molecule has 1 aliphatic rings. The van der Waals surface area contributed by atoms with Gasteiger partial charge in [0.15, 0.2) is 11.5 Å². The fourth-order valence-electron chi connectivity index (χ4n) is 5.36. The van der Waals surface area contributed by atoms with Crippen molar-refractivity contribution in [1.29, 1.82) is 0 Å². The minimum absolute atomic E-state index is 0.262. The van der Waals surface area contributed by atoms with Gasteiger partial charge < -0.3 is 15.4 Å². The Morgan fingerprint density at radius 3 is 2.67 bits per heavy atom. The van der Waals surface area contributed by atoms with Crippen molar-refractivity contribution in [3.8, 4) is 33.9 Å². The highest BCUT2D eigenvalue weighted by Crippen LogP contribution is 2.33. The summed E-state index contributed by atoms with van der Waals surface area (Å²) in [5, 5.41) is 22.2. The Hall–Kier alpha value is -4.70. The molecule has 7 rings (SSSR count). The number of aromatic nitrogens is 7. The molecule has 0 bridgehead atoms. The summed E-state index contributed by atoms with van der Waals surface area (Å²) < 4.78 is 13.5. The average Bonchev–Trinajstić information content (AvgIpc) is 3.73. The zero-order valence-corrected chi connectivity index (χ0v) is 20.9. The number of imidazole rings is 1. The molecule has 5 aromatic heterocycles. The molecule has 0 radical (unpaired) electrons. The van der Waals surface area contributed by atoms with Crippen molar-refractivity contribution in [2.24, 2.45) is 5.92 Å². The van der Waals surface area contributed by atoms with Crippen LogP contribution in [0.2, 0.25) is 0 Å². The van der Waals surface area contributed by atoms with Gasteiger partial charge in [-0.15, -0.1) is 0 Å². The summed E-state index contributed by atoms with van der Waals surface area (Å²) in [4.78, 5) is 21.5. The van der Waals surface area contributed by atoms with Crippen molar-refractivity contribution in [2.75, 3.05) is 5.32 Å². The van der Waals surface area contributed by atoms with Crippen molar-refractivity contribution >= 4 is 27.8 Å². The lowest BCUT2D eigenvalue weighted by Crippen LogP contribution is -2.26. The van der Waals surface area contributed by atoms with Gasteiger partial charge in [0.2, 0.25) is 0 Å². The second-order valence-electron chi connectivity index (χ2n) is 9.93. The SMILES string of the molecule is OC(Nc1cncc(-c2cc3c(-c4nc5c(-c6ccc(F)cc6)ccnc5[nH]4)n[nH]c3cn2)c1)C1CCCC1. The minimum Gasteiger partial charge on any atom is -0.374 e. The number of nitrogens with one attached hydrogen (secondary N) is 3. The van der Waals surface area contributed by atoms with Crippen LogP contribution in [-0.4, -0.2) is 46.5 Å². The van der Waals surface area contributed by atoms with Crippen LogP contribution in [0.5, 0.6) is 0 Å². The first-order chi connectivity index (χ1) is 19.1. The number of halogens is 1. The van der Waals surface area contributed by atoms with Gasteiger partial charge in [-0.25, -0.2) is 14.4 Å². The second-order valence-corrected chi connectivity index (χ2v) is 9.93. The number of benzene rings is 1. The number of aromatic amines is 2. The molecule has 6 aromatic rings. The molecule has 1 fully saturated rings. The number of hydrogen-bond donors (Lipinski definition) is 4. The van der Waals surface area contributed by atoms with Crippen LogP contribution in [0.15, 0.2) is 67.3 Å². The topological polar surface area (TPSA) is 128 Å². The van der Waals surface area contributed by atoms with Crippen molar-refractivity contribution in [3.05, 3.63) is 73.1 Å². The summed E-state index contributed by atoms with van der Waals surface area (Å²) in [6, 6.07) is 12.1. The van der Waals surface area contributed by atoms with E-state index in [0.717, 1.165) is 64.7 Å². The maximum Gasteiger partial charge on any atom is 0.160 e. The number of hydrogen-bond acceptors (Lipinski definition) is 7. The van der Waals surface area contributed by atoms with E-state index in [9.17, 15) is 9.50 Å². The number of fused-ring (bicyclic) bond motifs is 2. The fourth-order valence-corrected chi connectivity index (χ4v) is 5.36. The van der Waals surface area contributed by atoms with Crippen LogP contribution in [0.1, 0.15) is 25.7 Å². The van der Waals surface area contributed by atoms with E-state index in [0.29, 0.717) is 22.7 Å². The highest BCUT2D eigenvalue weighted by atomic mass is 19.1. The molecule has 194 valence electrons. The summed E-state index contributed by atoms with van der Waals surface area (Å²) in [6.07, 6.45) is 10.7. The predicted octanol–water partition coefficient (Wildman–Crippen LogP) is 5.68. The molecule has 10 heteroatoms. The van der Waals surface area contributed by atoms with Crippen LogP contribution in [0.25, 0.3) is 56.0 Å². The Kier molecular flexibility index (Phi) is 5.74. The third-order valence-electron chi connectivity index (χ3n) is 7.41. The van der Waals surface area contributed by atoms with Crippen LogP contribution in [0.3, 0.4) is 0 Å². The molecule has 0 spiro atoms. The Morgan fingerprint density at radius 2 is 1.82 bits per heavy atom. The van der Waals surface area contributed by atoms with E-state index in [2.05, 4.69) is 35.5 Å². The number of pyridine rings is 3. The third kappa shape index (κ3) is 4.38. The van der Waals surface area contributed by atoms with Crippen LogP contribution >= 0.6 is 0 Å².